The van der Waals surface area contributed by atoms with Crippen LogP contribution in [0.15, 0.2) is 59.4 Å². The lowest BCUT2D eigenvalue weighted by molar-refractivity contribution is -0.123. The van der Waals surface area contributed by atoms with Crippen LogP contribution in [0, 0.1) is 5.92 Å². The van der Waals surface area contributed by atoms with E-state index in [1.165, 1.54) is 6.92 Å². The zero-order valence-electron chi connectivity index (χ0n) is 26.6. The third-order valence-electron chi connectivity index (χ3n) is 8.38. The highest BCUT2D eigenvalue weighted by molar-refractivity contribution is 5.86. The summed E-state index contributed by atoms with van der Waals surface area (Å²) in [5.41, 5.74) is 4.07. The summed E-state index contributed by atoms with van der Waals surface area (Å²) in [6.45, 7) is 7.40. The third kappa shape index (κ3) is 6.82. The molecule has 3 N–H and O–H groups in total. The van der Waals surface area contributed by atoms with Crippen LogP contribution >= 0.6 is 0 Å². The molecule has 2 amide bonds. The summed E-state index contributed by atoms with van der Waals surface area (Å²) in [6.07, 6.45) is 1.88. The molecule has 0 aliphatic heterocycles. The first-order valence-electron chi connectivity index (χ1n) is 15.0. The minimum atomic E-state index is -0.654. The lowest BCUT2D eigenvalue weighted by atomic mass is 9.95. The van der Waals surface area contributed by atoms with Gasteiger partial charge in [0.05, 0.1) is 39.1 Å². The van der Waals surface area contributed by atoms with Crippen molar-refractivity contribution < 1.29 is 23.8 Å². The van der Waals surface area contributed by atoms with Crippen LogP contribution in [-0.2, 0) is 16.0 Å². The summed E-state index contributed by atoms with van der Waals surface area (Å²) in [4.78, 5) is 39.7. The van der Waals surface area contributed by atoms with Crippen LogP contribution in [0.1, 0.15) is 69.3 Å². The van der Waals surface area contributed by atoms with Crippen molar-refractivity contribution >= 4 is 17.5 Å². The highest BCUT2D eigenvalue weighted by Gasteiger charge is 2.30. The average Bonchev–Trinajstić information content (AvgIpc) is 3.26. The van der Waals surface area contributed by atoms with Gasteiger partial charge in [0.25, 0.3) is 0 Å². The first kappa shape index (κ1) is 32.4. The molecule has 3 aromatic rings. The molecule has 0 unspecified atom stereocenters. The summed E-state index contributed by atoms with van der Waals surface area (Å²) < 4.78 is 17.2. The number of hydrogen-bond acceptors (Lipinski definition) is 7. The Labute approximate surface area is 259 Å². The molecule has 0 spiro atoms. The monoisotopic (exact) mass is 601 g/mol. The molecular formula is C35H43N3O6. The van der Waals surface area contributed by atoms with E-state index >= 15 is 0 Å². The Morgan fingerprint density at radius 2 is 1.66 bits per heavy atom. The molecule has 0 aromatic heterocycles. The number of ether oxygens (including phenoxy) is 3. The van der Waals surface area contributed by atoms with E-state index in [4.69, 9.17) is 14.2 Å². The molecule has 3 aromatic carbocycles. The molecule has 0 radical (unpaired) electrons. The maximum absolute atomic E-state index is 13.9. The van der Waals surface area contributed by atoms with Gasteiger partial charge in [0.2, 0.25) is 23.0 Å². The van der Waals surface area contributed by atoms with E-state index in [0.717, 1.165) is 28.7 Å². The van der Waals surface area contributed by atoms with Crippen LogP contribution in [0.25, 0.3) is 11.1 Å². The maximum atomic E-state index is 13.9. The number of amides is 2. The molecular weight excluding hydrogens is 558 g/mol. The number of hydrogen-bond donors (Lipinski definition) is 3. The second-order valence-corrected chi connectivity index (χ2v) is 11.2. The van der Waals surface area contributed by atoms with Crippen LogP contribution in [-0.4, -0.2) is 39.2 Å². The normalized spacial score (nSPS) is 15.8. The highest BCUT2D eigenvalue weighted by atomic mass is 16.5. The molecule has 0 bridgehead atoms. The molecule has 234 valence electrons. The van der Waals surface area contributed by atoms with Crippen molar-refractivity contribution in [3.05, 3.63) is 81.5 Å². The summed E-state index contributed by atoms with van der Waals surface area (Å²) in [7, 11) is 4.68. The van der Waals surface area contributed by atoms with E-state index < -0.39 is 12.1 Å². The summed E-state index contributed by atoms with van der Waals surface area (Å²) in [5.74, 6) is 0.986. The Morgan fingerprint density at radius 1 is 0.955 bits per heavy atom. The van der Waals surface area contributed by atoms with Crippen molar-refractivity contribution in [2.45, 2.75) is 65.1 Å². The van der Waals surface area contributed by atoms with Gasteiger partial charge in [0.15, 0.2) is 11.5 Å². The van der Waals surface area contributed by atoms with E-state index in [1.54, 1.807) is 33.5 Å². The largest absolute Gasteiger partial charge is 0.493 e. The minimum absolute atomic E-state index is 0.0645. The predicted octanol–water partition coefficient (Wildman–Crippen LogP) is 5.57. The number of methoxy groups -OCH3 is 3. The number of fused-ring (bicyclic) bond motifs is 3. The fourth-order valence-electron chi connectivity index (χ4n) is 5.82. The van der Waals surface area contributed by atoms with E-state index in [2.05, 4.69) is 16.0 Å². The Bertz CT molecular complexity index is 1560. The van der Waals surface area contributed by atoms with Crippen molar-refractivity contribution in [3.63, 3.8) is 0 Å². The molecule has 4 atom stereocenters. The molecule has 0 saturated carbocycles. The Hall–Kier alpha value is -4.53. The number of carbonyl (C=O) groups excluding carboxylic acids is 2. The Morgan fingerprint density at radius 3 is 2.27 bits per heavy atom. The van der Waals surface area contributed by atoms with Crippen molar-refractivity contribution in [2.75, 3.05) is 26.6 Å². The topological polar surface area (TPSA) is 115 Å². The number of anilines is 1. The lowest BCUT2D eigenvalue weighted by Crippen LogP contribution is -2.45. The third-order valence-corrected chi connectivity index (χ3v) is 8.38. The predicted molar refractivity (Wildman–Crippen MR) is 173 cm³/mol. The quantitative estimate of drug-likeness (QED) is 0.263. The lowest BCUT2D eigenvalue weighted by Gasteiger charge is -2.26. The van der Waals surface area contributed by atoms with Crippen molar-refractivity contribution in [3.8, 4) is 28.4 Å². The van der Waals surface area contributed by atoms with Gasteiger partial charge < -0.3 is 30.2 Å². The van der Waals surface area contributed by atoms with Gasteiger partial charge in [-0.05, 0) is 66.1 Å². The Kier molecular flexibility index (Phi) is 10.5. The molecule has 1 aliphatic carbocycles. The van der Waals surface area contributed by atoms with Gasteiger partial charge in [-0.3, -0.25) is 14.4 Å². The standard InChI is InChI=1S/C35H43N3O6/c1-8-20(2)32(35(41)36-21(3)23-12-10-9-11-13-23)38-28-17-15-25-26(19-29(28)40)27(37-22(4)39)16-14-24-18-30(42-5)33(43-6)34(44-7)31(24)25/h9-13,15,17-21,27,32H,8,14,16H2,1-7H3,(H,36,41)(H,37,39)(H,38,40)/t20-,21+,27+,32+/m1/s1. The highest BCUT2D eigenvalue weighted by Crippen LogP contribution is 2.50. The average molecular weight is 602 g/mol. The number of rotatable bonds is 11. The van der Waals surface area contributed by atoms with Crippen molar-refractivity contribution in [1.29, 1.82) is 0 Å². The first-order chi connectivity index (χ1) is 21.1. The molecule has 4 rings (SSSR count). The Balaban J connectivity index is 1.83. The molecule has 9 heteroatoms. The molecule has 0 heterocycles. The number of aryl methyl sites for hydroxylation is 1. The smallest absolute Gasteiger partial charge is 0.243 e. The van der Waals surface area contributed by atoms with Gasteiger partial charge in [-0.1, -0.05) is 56.7 Å². The second-order valence-electron chi connectivity index (χ2n) is 11.2. The molecule has 1 aliphatic rings. The number of benzene rings is 2. The zero-order valence-corrected chi connectivity index (χ0v) is 26.6. The summed E-state index contributed by atoms with van der Waals surface area (Å²) in [6, 6.07) is 15.5. The molecule has 44 heavy (non-hydrogen) atoms. The van der Waals surface area contributed by atoms with Crippen molar-refractivity contribution in [1.82, 2.24) is 10.6 Å². The van der Waals surface area contributed by atoms with Crippen LogP contribution < -0.4 is 35.6 Å². The van der Waals surface area contributed by atoms with Gasteiger partial charge in [0, 0.05) is 12.5 Å². The minimum Gasteiger partial charge on any atom is -0.493 e. The van der Waals surface area contributed by atoms with Gasteiger partial charge >= 0.3 is 0 Å². The van der Waals surface area contributed by atoms with Crippen LogP contribution in [0.2, 0.25) is 0 Å². The second kappa shape index (κ2) is 14.3. The van der Waals surface area contributed by atoms with Crippen molar-refractivity contribution in [2.24, 2.45) is 5.92 Å². The van der Waals surface area contributed by atoms with E-state index in [0.29, 0.717) is 35.7 Å². The number of nitrogens with one attached hydrogen (secondary N) is 3. The van der Waals surface area contributed by atoms with E-state index in [1.807, 2.05) is 63.2 Å². The van der Waals surface area contributed by atoms with Crippen LogP contribution in [0.5, 0.6) is 17.2 Å². The molecule has 9 nitrogen and oxygen atoms in total. The van der Waals surface area contributed by atoms with Gasteiger partial charge in [-0.2, -0.15) is 0 Å². The fourth-order valence-corrected chi connectivity index (χ4v) is 5.82. The number of carbonyl (C=O) groups is 2. The fraction of sp³-hybridized carbons (Fsp3) is 0.400. The van der Waals surface area contributed by atoms with Gasteiger partial charge in [-0.25, -0.2) is 0 Å². The SMILES string of the molecule is CC[C@@H](C)[C@H](Nc1ccc2c(cc1=O)[C@@H](NC(C)=O)CCc1cc(OC)c(OC)c(OC)c1-2)C(=O)N[C@@H](C)c1ccccc1. The van der Waals surface area contributed by atoms with Gasteiger partial charge in [-0.15, -0.1) is 0 Å². The van der Waals surface area contributed by atoms with E-state index in [9.17, 15) is 14.4 Å². The van der Waals surface area contributed by atoms with Crippen LogP contribution in [0.4, 0.5) is 5.69 Å². The zero-order chi connectivity index (χ0) is 32.0. The maximum Gasteiger partial charge on any atom is 0.243 e. The first-order valence-corrected chi connectivity index (χ1v) is 15.0. The van der Waals surface area contributed by atoms with Gasteiger partial charge in [0.1, 0.15) is 6.04 Å². The van der Waals surface area contributed by atoms with Crippen LogP contribution in [0.3, 0.4) is 0 Å². The summed E-state index contributed by atoms with van der Waals surface area (Å²) >= 11 is 0. The molecule has 0 fully saturated rings. The van der Waals surface area contributed by atoms with E-state index in [-0.39, 0.29) is 34.9 Å². The molecule has 0 saturated heterocycles. The summed E-state index contributed by atoms with van der Waals surface area (Å²) in [5, 5.41) is 9.41.